The number of carbonyl (C=O) groups excluding carboxylic acids is 2. The second kappa shape index (κ2) is 7.57. The summed E-state index contributed by atoms with van der Waals surface area (Å²) in [4.78, 5) is 29.2. The standard InChI is InChI=1S/C18H21N5O2S2/c1-26-17-21-20-14(27-17)11-23-15(24)18(19-16(23)25)8-5-9-22(12-18)10-13-6-3-2-4-7-13/h2-4,6-7H,5,8-12H2,1H3,(H,19,25). The average molecular weight is 404 g/mol. The Morgan fingerprint density at radius 2 is 2.04 bits per heavy atom. The van der Waals surface area contributed by atoms with Gasteiger partial charge in [0.15, 0.2) is 4.34 Å². The highest BCUT2D eigenvalue weighted by Gasteiger charge is 2.53. The molecular formula is C18H21N5O2S2. The molecule has 2 fully saturated rings. The molecule has 142 valence electrons. The lowest BCUT2D eigenvalue weighted by atomic mass is 9.88. The molecule has 0 aliphatic carbocycles. The highest BCUT2D eigenvalue weighted by Crippen LogP contribution is 2.31. The smallest absolute Gasteiger partial charge is 0.322 e. The van der Waals surface area contributed by atoms with Crippen molar-refractivity contribution in [1.82, 2.24) is 25.3 Å². The summed E-state index contributed by atoms with van der Waals surface area (Å²) in [5.41, 5.74) is 0.388. The molecule has 9 heteroatoms. The van der Waals surface area contributed by atoms with E-state index < -0.39 is 5.54 Å². The summed E-state index contributed by atoms with van der Waals surface area (Å²) in [5.74, 6) is -0.147. The van der Waals surface area contributed by atoms with Gasteiger partial charge in [-0.1, -0.05) is 53.4 Å². The number of likely N-dealkylation sites (tertiary alicyclic amines) is 1. The number of imide groups is 1. The molecule has 1 aromatic heterocycles. The lowest BCUT2D eigenvalue weighted by Gasteiger charge is -2.38. The topological polar surface area (TPSA) is 78.4 Å². The Bertz CT molecular complexity index is 843. The third kappa shape index (κ3) is 3.71. The number of nitrogens with zero attached hydrogens (tertiary/aromatic N) is 4. The number of piperidine rings is 1. The van der Waals surface area contributed by atoms with Crippen LogP contribution in [0.25, 0.3) is 0 Å². The van der Waals surface area contributed by atoms with Gasteiger partial charge in [0.05, 0.1) is 6.54 Å². The van der Waals surface area contributed by atoms with Gasteiger partial charge in [-0.05, 0) is 31.2 Å². The molecule has 2 saturated heterocycles. The third-order valence-corrected chi connectivity index (χ3v) is 6.87. The number of urea groups is 1. The van der Waals surface area contributed by atoms with E-state index in [-0.39, 0.29) is 18.5 Å². The predicted octanol–water partition coefficient (Wildman–Crippen LogP) is 2.35. The van der Waals surface area contributed by atoms with Gasteiger partial charge in [-0.3, -0.25) is 14.6 Å². The Labute approximate surface area is 166 Å². The van der Waals surface area contributed by atoms with Crippen molar-refractivity contribution in [2.75, 3.05) is 19.3 Å². The van der Waals surface area contributed by atoms with Gasteiger partial charge in [0.25, 0.3) is 5.91 Å². The van der Waals surface area contributed by atoms with Crippen LogP contribution in [0.5, 0.6) is 0 Å². The zero-order chi connectivity index (χ0) is 18.9. The summed E-state index contributed by atoms with van der Waals surface area (Å²) >= 11 is 2.92. The molecule has 1 atom stereocenters. The highest BCUT2D eigenvalue weighted by molar-refractivity contribution is 8.00. The quantitative estimate of drug-likeness (QED) is 0.610. The molecule has 1 unspecified atom stereocenters. The Hall–Kier alpha value is -1.97. The number of carbonyl (C=O) groups is 2. The van der Waals surface area contributed by atoms with Gasteiger partial charge >= 0.3 is 6.03 Å². The van der Waals surface area contributed by atoms with Crippen LogP contribution in [-0.2, 0) is 17.9 Å². The van der Waals surface area contributed by atoms with Crippen LogP contribution in [-0.4, -0.2) is 56.8 Å². The Kier molecular flexibility index (Phi) is 5.16. The summed E-state index contributed by atoms with van der Waals surface area (Å²) in [6.45, 7) is 2.42. The van der Waals surface area contributed by atoms with E-state index in [1.165, 1.54) is 33.6 Å². The number of rotatable bonds is 5. The molecule has 3 amide bonds. The fourth-order valence-corrected chi connectivity index (χ4v) is 5.04. The van der Waals surface area contributed by atoms with Crippen molar-refractivity contribution in [3.8, 4) is 0 Å². The van der Waals surface area contributed by atoms with Crippen LogP contribution in [0.2, 0.25) is 0 Å². The van der Waals surface area contributed by atoms with Crippen LogP contribution < -0.4 is 5.32 Å². The van der Waals surface area contributed by atoms with Crippen LogP contribution in [0.4, 0.5) is 4.79 Å². The normalized spacial score (nSPS) is 23.2. The predicted molar refractivity (Wildman–Crippen MR) is 104 cm³/mol. The van der Waals surface area contributed by atoms with Crippen molar-refractivity contribution >= 4 is 35.0 Å². The van der Waals surface area contributed by atoms with Crippen molar-refractivity contribution in [1.29, 1.82) is 0 Å². The van der Waals surface area contributed by atoms with Crippen LogP contribution >= 0.6 is 23.1 Å². The zero-order valence-electron chi connectivity index (χ0n) is 15.1. The van der Waals surface area contributed by atoms with E-state index in [1.807, 2.05) is 24.5 Å². The number of nitrogens with one attached hydrogen (secondary N) is 1. The van der Waals surface area contributed by atoms with Gasteiger partial charge in [0.2, 0.25) is 0 Å². The number of aromatic nitrogens is 2. The average Bonchev–Trinajstić information content (AvgIpc) is 3.22. The molecule has 0 saturated carbocycles. The summed E-state index contributed by atoms with van der Waals surface area (Å²) < 4.78 is 0.832. The lowest BCUT2D eigenvalue weighted by molar-refractivity contribution is -0.133. The molecule has 2 aromatic rings. The molecule has 2 aliphatic heterocycles. The first-order valence-corrected chi connectivity index (χ1v) is 10.9. The molecule has 27 heavy (non-hydrogen) atoms. The second-order valence-electron chi connectivity index (χ2n) is 6.87. The maximum atomic E-state index is 13.1. The van der Waals surface area contributed by atoms with Crippen molar-refractivity contribution in [2.45, 2.75) is 35.8 Å². The molecule has 7 nitrogen and oxygen atoms in total. The minimum atomic E-state index is -0.822. The number of hydrogen-bond acceptors (Lipinski definition) is 7. The van der Waals surface area contributed by atoms with E-state index in [0.29, 0.717) is 18.0 Å². The second-order valence-corrected chi connectivity index (χ2v) is 8.98. The number of hydrogen-bond donors (Lipinski definition) is 1. The highest BCUT2D eigenvalue weighted by atomic mass is 32.2. The number of amides is 3. The van der Waals surface area contributed by atoms with Crippen molar-refractivity contribution in [3.05, 3.63) is 40.9 Å². The largest absolute Gasteiger partial charge is 0.325 e. The molecule has 1 aromatic carbocycles. The first kappa shape index (κ1) is 18.4. The van der Waals surface area contributed by atoms with Crippen molar-refractivity contribution in [3.63, 3.8) is 0 Å². The minimum Gasteiger partial charge on any atom is -0.322 e. The summed E-state index contributed by atoms with van der Waals surface area (Å²) in [7, 11) is 0. The maximum absolute atomic E-state index is 13.1. The Balaban J connectivity index is 1.47. The van der Waals surface area contributed by atoms with Crippen LogP contribution in [0.15, 0.2) is 34.7 Å². The summed E-state index contributed by atoms with van der Waals surface area (Å²) in [5, 5.41) is 11.8. The molecule has 3 heterocycles. The molecule has 1 spiro atoms. The Morgan fingerprint density at radius 3 is 2.78 bits per heavy atom. The first-order chi connectivity index (χ1) is 13.1. The lowest BCUT2D eigenvalue weighted by Crippen LogP contribution is -2.58. The first-order valence-electron chi connectivity index (χ1n) is 8.86. The molecule has 0 bridgehead atoms. The van der Waals surface area contributed by atoms with E-state index in [9.17, 15) is 9.59 Å². The van der Waals surface area contributed by atoms with Crippen LogP contribution in [0.1, 0.15) is 23.4 Å². The van der Waals surface area contributed by atoms with E-state index in [2.05, 4.69) is 32.5 Å². The zero-order valence-corrected chi connectivity index (χ0v) is 16.7. The molecule has 0 radical (unpaired) electrons. The van der Waals surface area contributed by atoms with Gasteiger partial charge in [0.1, 0.15) is 10.5 Å². The van der Waals surface area contributed by atoms with Gasteiger partial charge in [0, 0.05) is 13.1 Å². The van der Waals surface area contributed by atoms with E-state index in [4.69, 9.17) is 0 Å². The van der Waals surface area contributed by atoms with Gasteiger partial charge in [-0.25, -0.2) is 4.79 Å². The summed E-state index contributed by atoms with van der Waals surface area (Å²) in [6, 6.07) is 9.87. The van der Waals surface area contributed by atoms with Gasteiger partial charge in [-0.2, -0.15) is 0 Å². The fourth-order valence-electron chi connectivity index (χ4n) is 3.74. The van der Waals surface area contributed by atoms with Crippen molar-refractivity contribution in [2.24, 2.45) is 0 Å². The van der Waals surface area contributed by atoms with Gasteiger partial charge in [-0.15, -0.1) is 10.2 Å². The molecule has 4 rings (SSSR count). The number of thioether (sulfide) groups is 1. The van der Waals surface area contributed by atoms with E-state index >= 15 is 0 Å². The van der Waals surface area contributed by atoms with Crippen molar-refractivity contribution < 1.29 is 9.59 Å². The number of benzene rings is 1. The molecular weight excluding hydrogens is 382 g/mol. The van der Waals surface area contributed by atoms with Gasteiger partial charge < -0.3 is 5.32 Å². The molecule has 2 aliphatic rings. The van der Waals surface area contributed by atoms with E-state index in [0.717, 1.165) is 23.8 Å². The maximum Gasteiger partial charge on any atom is 0.325 e. The van der Waals surface area contributed by atoms with Crippen LogP contribution in [0.3, 0.4) is 0 Å². The Morgan fingerprint density at radius 1 is 1.22 bits per heavy atom. The summed E-state index contributed by atoms with van der Waals surface area (Å²) in [6.07, 6.45) is 3.48. The third-order valence-electron chi connectivity index (χ3n) is 4.98. The SMILES string of the molecule is CSc1nnc(CN2C(=O)NC3(CCCN(Cc4ccccc4)C3)C2=O)s1. The fraction of sp³-hybridized carbons (Fsp3) is 0.444. The monoisotopic (exact) mass is 403 g/mol. The van der Waals surface area contributed by atoms with Crippen LogP contribution in [0, 0.1) is 0 Å². The van der Waals surface area contributed by atoms with E-state index in [1.54, 1.807) is 0 Å². The minimum absolute atomic E-state index is 0.147. The molecule has 1 N–H and O–H groups in total.